The summed E-state index contributed by atoms with van der Waals surface area (Å²) in [6, 6.07) is 0.307. The van der Waals surface area contributed by atoms with Gasteiger partial charge in [0.15, 0.2) is 11.5 Å². The van der Waals surface area contributed by atoms with Crippen molar-refractivity contribution in [2.45, 2.75) is 25.4 Å². The fourth-order valence-electron chi connectivity index (χ4n) is 3.11. The van der Waals surface area contributed by atoms with E-state index in [9.17, 15) is 9.59 Å². The predicted molar refractivity (Wildman–Crippen MR) is 91.4 cm³/mol. The summed E-state index contributed by atoms with van der Waals surface area (Å²) in [6.07, 6.45) is 6.48. The van der Waals surface area contributed by atoms with E-state index in [0.29, 0.717) is 23.8 Å². The third-order valence-corrected chi connectivity index (χ3v) is 4.47. The zero-order chi connectivity index (χ0) is 17.2. The first kappa shape index (κ1) is 15.5. The molecular formula is C15H18N8O2. The summed E-state index contributed by atoms with van der Waals surface area (Å²) in [5.74, 6) is 0.873. The largest absolute Gasteiger partial charge is 0.355 e. The molecule has 10 nitrogen and oxygen atoms in total. The molecule has 10 heteroatoms. The fraction of sp³-hybridized carbons (Fsp3) is 0.400. The van der Waals surface area contributed by atoms with Crippen LogP contribution in [0, 0.1) is 0 Å². The first-order chi connectivity index (χ1) is 12.2. The molecule has 25 heavy (non-hydrogen) atoms. The Kier molecular flexibility index (Phi) is 4.02. The van der Waals surface area contributed by atoms with Crippen molar-refractivity contribution in [3.63, 3.8) is 0 Å². The Morgan fingerprint density at radius 2 is 2.00 bits per heavy atom. The molecule has 3 aromatic rings. The maximum Gasteiger partial charge on any atom is 0.325 e. The lowest BCUT2D eigenvalue weighted by atomic mass is 10.0. The SMILES string of the molecule is O=c1[nH]cc(CNC2CCN(c3ncnc4nc[nH]c34)CC2)c(=O)[nH]1. The van der Waals surface area contributed by atoms with Crippen LogP contribution in [0.4, 0.5) is 5.82 Å². The second-order valence-electron chi connectivity index (χ2n) is 6.04. The zero-order valence-corrected chi connectivity index (χ0v) is 13.5. The molecule has 0 bridgehead atoms. The monoisotopic (exact) mass is 342 g/mol. The highest BCUT2D eigenvalue weighted by atomic mass is 16.2. The molecular weight excluding hydrogens is 324 g/mol. The number of hydrogen-bond acceptors (Lipinski definition) is 7. The number of H-pyrrole nitrogens is 3. The number of anilines is 1. The molecule has 1 aliphatic heterocycles. The maximum atomic E-state index is 11.7. The van der Waals surface area contributed by atoms with Crippen LogP contribution < -0.4 is 21.5 Å². The van der Waals surface area contributed by atoms with Crippen molar-refractivity contribution in [2.75, 3.05) is 18.0 Å². The van der Waals surface area contributed by atoms with Gasteiger partial charge in [-0.2, -0.15) is 0 Å². The average molecular weight is 342 g/mol. The van der Waals surface area contributed by atoms with Crippen LogP contribution in [0.25, 0.3) is 11.2 Å². The van der Waals surface area contributed by atoms with Gasteiger partial charge < -0.3 is 20.2 Å². The van der Waals surface area contributed by atoms with Gasteiger partial charge in [-0.15, -0.1) is 0 Å². The molecule has 0 aliphatic carbocycles. The molecule has 1 fully saturated rings. The quantitative estimate of drug-likeness (QED) is 0.501. The Morgan fingerprint density at radius 3 is 2.80 bits per heavy atom. The van der Waals surface area contributed by atoms with Gasteiger partial charge in [0.1, 0.15) is 11.8 Å². The van der Waals surface area contributed by atoms with E-state index >= 15 is 0 Å². The van der Waals surface area contributed by atoms with Crippen LogP contribution in [0.3, 0.4) is 0 Å². The van der Waals surface area contributed by atoms with Crippen LogP contribution in [-0.2, 0) is 6.54 Å². The van der Waals surface area contributed by atoms with Crippen LogP contribution >= 0.6 is 0 Å². The molecule has 0 radical (unpaired) electrons. The topological polar surface area (TPSA) is 135 Å². The summed E-state index contributed by atoms with van der Waals surface area (Å²) in [7, 11) is 0. The minimum absolute atomic E-state index is 0.307. The van der Waals surface area contributed by atoms with Crippen molar-refractivity contribution in [1.82, 2.24) is 35.2 Å². The molecule has 4 heterocycles. The second kappa shape index (κ2) is 6.48. The van der Waals surface area contributed by atoms with E-state index < -0.39 is 5.69 Å². The maximum absolute atomic E-state index is 11.7. The second-order valence-corrected chi connectivity index (χ2v) is 6.04. The van der Waals surface area contributed by atoms with E-state index in [0.717, 1.165) is 37.3 Å². The highest BCUT2D eigenvalue weighted by molar-refractivity contribution is 5.82. The molecule has 0 saturated carbocycles. The highest BCUT2D eigenvalue weighted by Gasteiger charge is 2.22. The number of nitrogens with zero attached hydrogens (tertiary/aromatic N) is 4. The van der Waals surface area contributed by atoms with E-state index in [1.807, 2.05) is 0 Å². The van der Waals surface area contributed by atoms with Crippen LogP contribution in [0.2, 0.25) is 0 Å². The van der Waals surface area contributed by atoms with Gasteiger partial charge in [-0.25, -0.2) is 19.7 Å². The first-order valence-electron chi connectivity index (χ1n) is 8.14. The van der Waals surface area contributed by atoms with E-state index in [1.165, 1.54) is 12.5 Å². The van der Waals surface area contributed by atoms with E-state index in [4.69, 9.17) is 0 Å². The zero-order valence-electron chi connectivity index (χ0n) is 13.5. The fourth-order valence-corrected chi connectivity index (χ4v) is 3.11. The van der Waals surface area contributed by atoms with Crippen molar-refractivity contribution in [2.24, 2.45) is 0 Å². The number of piperidine rings is 1. The minimum Gasteiger partial charge on any atom is -0.355 e. The molecule has 4 N–H and O–H groups in total. The van der Waals surface area contributed by atoms with E-state index in [1.54, 1.807) is 6.33 Å². The Hall–Kier alpha value is -3.01. The van der Waals surface area contributed by atoms with Crippen molar-refractivity contribution < 1.29 is 0 Å². The van der Waals surface area contributed by atoms with Crippen molar-refractivity contribution in [3.05, 3.63) is 45.3 Å². The van der Waals surface area contributed by atoms with Crippen molar-refractivity contribution in [1.29, 1.82) is 0 Å². The lowest BCUT2D eigenvalue weighted by Gasteiger charge is -2.33. The van der Waals surface area contributed by atoms with Gasteiger partial charge in [-0.05, 0) is 12.8 Å². The molecule has 130 valence electrons. The van der Waals surface area contributed by atoms with Crippen molar-refractivity contribution in [3.8, 4) is 0 Å². The van der Waals surface area contributed by atoms with Crippen LogP contribution in [-0.4, -0.2) is 49.0 Å². The lowest BCUT2D eigenvalue weighted by Crippen LogP contribution is -2.43. The van der Waals surface area contributed by atoms with Gasteiger partial charge in [-0.1, -0.05) is 0 Å². The molecule has 1 aliphatic rings. The molecule has 0 aromatic carbocycles. The minimum atomic E-state index is -0.489. The number of rotatable bonds is 4. The van der Waals surface area contributed by atoms with Gasteiger partial charge in [0.2, 0.25) is 0 Å². The van der Waals surface area contributed by atoms with Crippen LogP contribution in [0.5, 0.6) is 0 Å². The summed E-state index contributed by atoms with van der Waals surface area (Å²) < 4.78 is 0. The molecule has 0 amide bonds. The standard InChI is InChI=1S/C15H18N8O2/c24-14-9(6-17-15(25)22-14)5-16-10-1-3-23(4-2-10)13-11-12(19-7-18-11)20-8-21-13/h6-8,10,16H,1-5H2,(H2,17,22,24,25)(H,18,19,20,21). The Labute approximate surface area is 141 Å². The number of fused-ring (bicyclic) bond motifs is 1. The molecule has 0 atom stereocenters. The van der Waals surface area contributed by atoms with Crippen LogP contribution in [0.1, 0.15) is 18.4 Å². The van der Waals surface area contributed by atoms with Gasteiger partial charge in [-0.3, -0.25) is 9.78 Å². The third-order valence-electron chi connectivity index (χ3n) is 4.47. The Bertz CT molecular complexity index is 983. The molecule has 1 saturated heterocycles. The number of aromatic amines is 3. The van der Waals surface area contributed by atoms with Gasteiger partial charge in [0, 0.05) is 37.4 Å². The van der Waals surface area contributed by atoms with Gasteiger partial charge in [0.05, 0.1) is 6.33 Å². The highest BCUT2D eigenvalue weighted by Crippen LogP contribution is 2.23. The smallest absolute Gasteiger partial charge is 0.325 e. The summed E-state index contributed by atoms with van der Waals surface area (Å²) >= 11 is 0. The molecule has 0 unspecified atom stereocenters. The Morgan fingerprint density at radius 1 is 1.16 bits per heavy atom. The normalized spacial score (nSPS) is 15.8. The van der Waals surface area contributed by atoms with E-state index in [2.05, 4.69) is 40.1 Å². The number of hydrogen-bond donors (Lipinski definition) is 4. The number of aromatic nitrogens is 6. The summed E-state index contributed by atoms with van der Waals surface area (Å²) in [6.45, 7) is 2.13. The number of nitrogens with one attached hydrogen (secondary N) is 4. The molecule has 3 aromatic heterocycles. The lowest BCUT2D eigenvalue weighted by molar-refractivity contribution is 0.412. The number of imidazole rings is 1. The predicted octanol–water partition coefficient (Wildman–Crippen LogP) is -0.512. The van der Waals surface area contributed by atoms with Crippen molar-refractivity contribution >= 4 is 17.0 Å². The molecule has 0 spiro atoms. The van der Waals surface area contributed by atoms with E-state index in [-0.39, 0.29) is 5.56 Å². The Balaban J connectivity index is 1.38. The van der Waals surface area contributed by atoms with Gasteiger partial charge >= 0.3 is 5.69 Å². The average Bonchev–Trinajstić information content (AvgIpc) is 3.10. The summed E-state index contributed by atoms with van der Waals surface area (Å²) in [5.41, 5.74) is 1.21. The third kappa shape index (κ3) is 3.15. The summed E-state index contributed by atoms with van der Waals surface area (Å²) in [4.78, 5) is 45.5. The molecule has 4 rings (SSSR count). The first-order valence-corrected chi connectivity index (χ1v) is 8.14. The van der Waals surface area contributed by atoms with Gasteiger partial charge in [0.25, 0.3) is 5.56 Å². The van der Waals surface area contributed by atoms with Crippen LogP contribution in [0.15, 0.2) is 28.4 Å². The summed E-state index contributed by atoms with van der Waals surface area (Å²) in [5, 5.41) is 3.38.